The van der Waals surface area contributed by atoms with Gasteiger partial charge in [-0.25, -0.2) is 8.91 Å². The number of hydrogen-bond acceptors (Lipinski definition) is 8. The van der Waals surface area contributed by atoms with E-state index in [0.717, 1.165) is 0 Å². The molecule has 1 amide bonds. The number of aliphatic hydroxyl groups is 1. The van der Waals surface area contributed by atoms with Gasteiger partial charge in [-0.05, 0) is 68.4 Å². The van der Waals surface area contributed by atoms with E-state index in [2.05, 4.69) is 32.9 Å². The van der Waals surface area contributed by atoms with Gasteiger partial charge in [0.05, 0.1) is 41.9 Å². The summed E-state index contributed by atoms with van der Waals surface area (Å²) >= 11 is -0.299. The number of hydrogen-bond donors (Lipinski definition) is 4. The van der Waals surface area contributed by atoms with Gasteiger partial charge >= 0.3 is 5.51 Å². The molecule has 3 aromatic rings. The Morgan fingerprint density at radius 2 is 2.10 bits per heavy atom. The monoisotopic (exact) mass is 608 g/mol. The van der Waals surface area contributed by atoms with Crippen LogP contribution >= 0.6 is 11.8 Å². The summed E-state index contributed by atoms with van der Waals surface area (Å²) in [6.07, 6.45) is -1.30. The topological polar surface area (TPSA) is 103 Å². The SMILES string of the molecule is COc1cc(C(=O)NC[C@@H](C)O)ccc1NCC#Cc1nn2c(N[C@@H]3CCN(C)C[C@@H]3F)cccc2c1SC(F)(F)F. The minimum atomic E-state index is -4.57. The van der Waals surface area contributed by atoms with Crippen molar-refractivity contribution in [1.29, 1.82) is 0 Å². The van der Waals surface area contributed by atoms with Gasteiger partial charge in [-0.2, -0.15) is 18.3 Å². The number of nitrogens with one attached hydrogen (secondary N) is 3. The summed E-state index contributed by atoms with van der Waals surface area (Å²) < 4.78 is 61.9. The van der Waals surface area contributed by atoms with E-state index in [1.165, 1.54) is 23.8 Å². The first kappa shape index (κ1) is 31.3. The quantitative estimate of drug-likeness (QED) is 0.164. The number of halogens is 4. The number of thioether (sulfide) groups is 1. The Morgan fingerprint density at radius 3 is 2.79 bits per heavy atom. The fourth-order valence-electron chi connectivity index (χ4n) is 4.45. The molecule has 14 heteroatoms. The molecule has 1 saturated heterocycles. The number of carbonyl (C=O) groups excluding carboxylic acids is 1. The molecular weight excluding hydrogens is 576 g/mol. The number of anilines is 2. The van der Waals surface area contributed by atoms with Crippen molar-refractivity contribution in [2.24, 2.45) is 0 Å². The van der Waals surface area contributed by atoms with E-state index in [9.17, 15) is 27.5 Å². The van der Waals surface area contributed by atoms with Crippen molar-refractivity contribution in [1.82, 2.24) is 19.8 Å². The summed E-state index contributed by atoms with van der Waals surface area (Å²) in [5.74, 6) is 5.89. The zero-order valence-corrected chi connectivity index (χ0v) is 24.1. The molecule has 2 aromatic heterocycles. The Hall–Kier alpha value is -3.67. The van der Waals surface area contributed by atoms with E-state index < -0.39 is 23.8 Å². The second kappa shape index (κ2) is 13.5. The Morgan fingerprint density at radius 1 is 1.31 bits per heavy atom. The smallest absolute Gasteiger partial charge is 0.446 e. The van der Waals surface area contributed by atoms with Crippen molar-refractivity contribution in [2.45, 2.75) is 42.1 Å². The summed E-state index contributed by atoms with van der Waals surface area (Å²) in [4.78, 5) is 14.0. The highest BCUT2D eigenvalue weighted by atomic mass is 32.2. The number of carbonyl (C=O) groups is 1. The number of methoxy groups -OCH3 is 1. The van der Waals surface area contributed by atoms with Gasteiger partial charge in [-0.3, -0.25) is 4.79 Å². The lowest BCUT2D eigenvalue weighted by molar-refractivity contribution is -0.0327. The summed E-state index contributed by atoms with van der Waals surface area (Å²) in [6, 6.07) is 8.96. The van der Waals surface area contributed by atoms with E-state index in [-0.39, 0.29) is 53.4 Å². The molecule has 42 heavy (non-hydrogen) atoms. The van der Waals surface area contributed by atoms with E-state index >= 15 is 0 Å². The maximum Gasteiger partial charge on any atom is 0.446 e. The third-order valence-corrected chi connectivity index (χ3v) is 7.34. The number of pyridine rings is 1. The minimum absolute atomic E-state index is 0.0398. The van der Waals surface area contributed by atoms with Crippen LogP contribution in [0.5, 0.6) is 5.75 Å². The highest BCUT2D eigenvalue weighted by Crippen LogP contribution is 2.41. The molecule has 226 valence electrons. The first-order valence-corrected chi connectivity index (χ1v) is 14.0. The normalized spacial score (nSPS) is 18.2. The first-order chi connectivity index (χ1) is 19.9. The molecule has 0 saturated carbocycles. The molecule has 1 aliphatic rings. The number of aromatic nitrogens is 2. The summed E-state index contributed by atoms with van der Waals surface area (Å²) in [7, 11) is 3.27. The fourth-order valence-corrected chi connectivity index (χ4v) is 5.13. The zero-order valence-electron chi connectivity index (χ0n) is 23.3. The lowest BCUT2D eigenvalue weighted by atomic mass is 10.0. The zero-order chi connectivity index (χ0) is 30.4. The second-order valence-corrected chi connectivity index (χ2v) is 11.0. The molecule has 1 aliphatic heterocycles. The van der Waals surface area contributed by atoms with Gasteiger partial charge in [0.1, 0.15) is 23.4 Å². The summed E-state index contributed by atoms with van der Waals surface area (Å²) in [5, 5.41) is 22.5. The largest absolute Gasteiger partial charge is 0.495 e. The molecule has 3 atom stereocenters. The average molecular weight is 609 g/mol. The number of fused-ring (bicyclic) bond motifs is 1. The molecular formula is C28H32F4N6O3S. The van der Waals surface area contributed by atoms with Gasteiger partial charge in [0.25, 0.3) is 5.91 Å². The van der Waals surface area contributed by atoms with Gasteiger partial charge in [0.15, 0.2) is 0 Å². The highest BCUT2D eigenvalue weighted by Gasteiger charge is 2.33. The number of alkyl halides is 4. The van der Waals surface area contributed by atoms with E-state index in [0.29, 0.717) is 35.8 Å². The first-order valence-electron chi connectivity index (χ1n) is 13.2. The molecule has 0 bridgehead atoms. The Bertz CT molecular complexity index is 1470. The van der Waals surface area contributed by atoms with Crippen LogP contribution in [0.15, 0.2) is 41.3 Å². The van der Waals surface area contributed by atoms with E-state index in [1.807, 2.05) is 11.9 Å². The average Bonchev–Trinajstić information content (AvgIpc) is 3.27. The van der Waals surface area contributed by atoms with Crippen LogP contribution in [-0.4, -0.2) is 89.7 Å². The number of likely N-dealkylation sites (tertiary alicyclic amines) is 1. The van der Waals surface area contributed by atoms with Crippen LogP contribution in [0.1, 0.15) is 29.4 Å². The third-order valence-electron chi connectivity index (χ3n) is 6.50. The molecule has 3 heterocycles. The Labute approximate surface area is 245 Å². The van der Waals surface area contributed by atoms with Crippen molar-refractivity contribution in [2.75, 3.05) is 51.0 Å². The van der Waals surface area contributed by atoms with Gasteiger partial charge in [-0.15, -0.1) is 0 Å². The van der Waals surface area contributed by atoms with Crippen LogP contribution in [0, 0.1) is 11.8 Å². The molecule has 4 N–H and O–H groups in total. The van der Waals surface area contributed by atoms with Crippen LogP contribution in [0.2, 0.25) is 0 Å². The van der Waals surface area contributed by atoms with E-state index in [1.54, 1.807) is 31.2 Å². The molecule has 0 aliphatic carbocycles. The lowest BCUT2D eigenvalue weighted by Gasteiger charge is -2.33. The van der Waals surface area contributed by atoms with Crippen molar-refractivity contribution < 1.29 is 32.2 Å². The molecule has 0 radical (unpaired) electrons. The predicted octanol–water partition coefficient (Wildman–Crippen LogP) is 3.98. The number of ether oxygens (including phenoxy) is 1. The van der Waals surface area contributed by atoms with Crippen molar-refractivity contribution in [3.63, 3.8) is 0 Å². The minimum Gasteiger partial charge on any atom is -0.495 e. The number of benzene rings is 1. The standard InChI is InChI=1S/C28H32F4N6O3S/c1-17(39)15-34-27(40)18-9-10-21(24(14-18)41-3)33-12-5-6-22-26(42-28(30,31)32)23-7-4-8-25(38(23)36-22)35-20-11-13-37(2)16-19(20)29/h4,7-10,14,17,19-20,33,35,39H,11-13,15-16H2,1-3H3,(H,34,40)/t17-,19+,20-/m1/s1. The van der Waals surface area contributed by atoms with Crippen molar-refractivity contribution in [3.05, 3.63) is 47.7 Å². The number of aliphatic hydroxyl groups excluding tert-OH is 1. The van der Waals surface area contributed by atoms with Gasteiger partial charge < -0.3 is 30.7 Å². The number of nitrogens with zero attached hydrogens (tertiary/aromatic N) is 3. The fraction of sp³-hybridized carbons (Fsp3) is 0.429. The van der Waals surface area contributed by atoms with Crippen LogP contribution in [0.4, 0.5) is 29.1 Å². The van der Waals surface area contributed by atoms with Crippen LogP contribution in [0.3, 0.4) is 0 Å². The maximum atomic E-state index is 14.7. The number of amides is 1. The molecule has 4 rings (SSSR count). The van der Waals surface area contributed by atoms with Crippen LogP contribution in [0.25, 0.3) is 5.52 Å². The van der Waals surface area contributed by atoms with E-state index in [4.69, 9.17) is 4.74 Å². The summed E-state index contributed by atoms with van der Waals surface area (Å²) in [6.45, 7) is 2.64. The molecule has 1 fully saturated rings. The van der Waals surface area contributed by atoms with Crippen LogP contribution < -0.4 is 20.7 Å². The van der Waals surface area contributed by atoms with Gasteiger partial charge in [0, 0.05) is 25.2 Å². The molecule has 1 aromatic carbocycles. The molecule has 0 unspecified atom stereocenters. The maximum absolute atomic E-state index is 14.7. The van der Waals surface area contributed by atoms with Gasteiger partial charge in [-0.1, -0.05) is 12.0 Å². The predicted molar refractivity (Wildman–Crippen MR) is 154 cm³/mol. The molecule has 0 spiro atoms. The number of rotatable bonds is 9. The molecule has 9 nitrogen and oxygen atoms in total. The van der Waals surface area contributed by atoms with Gasteiger partial charge in [0.2, 0.25) is 0 Å². The second-order valence-electron chi connectivity index (χ2n) is 9.88. The lowest BCUT2D eigenvalue weighted by Crippen LogP contribution is -2.46. The Kier molecular flexibility index (Phi) is 10.1. The Balaban J connectivity index is 1.54. The number of piperidine rings is 1. The van der Waals surface area contributed by atoms with Crippen molar-refractivity contribution in [3.8, 4) is 17.6 Å². The van der Waals surface area contributed by atoms with Crippen molar-refractivity contribution >= 4 is 34.7 Å². The van der Waals surface area contributed by atoms with Crippen LogP contribution in [-0.2, 0) is 0 Å². The summed E-state index contributed by atoms with van der Waals surface area (Å²) in [5.41, 5.74) is -3.59. The highest BCUT2D eigenvalue weighted by molar-refractivity contribution is 8.00. The third kappa shape index (κ3) is 7.99.